The molecular formula is C18H14BrNO2. The lowest BCUT2D eigenvalue weighted by atomic mass is 9.97. The second-order valence-corrected chi connectivity index (χ2v) is 6.13. The van der Waals surface area contributed by atoms with Crippen molar-refractivity contribution in [1.29, 1.82) is 0 Å². The van der Waals surface area contributed by atoms with Gasteiger partial charge in [-0.3, -0.25) is 0 Å². The Labute approximate surface area is 136 Å². The van der Waals surface area contributed by atoms with Gasteiger partial charge in [0.2, 0.25) is 0 Å². The van der Waals surface area contributed by atoms with Gasteiger partial charge < -0.3 is 5.11 Å². The van der Waals surface area contributed by atoms with Crippen molar-refractivity contribution in [2.75, 3.05) is 0 Å². The number of benzene rings is 2. The number of hydrogen-bond donors (Lipinski definition) is 1. The number of aryl methyl sites for hydroxylation is 1. The van der Waals surface area contributed by atoms with Gasteiger partial charge >= 0.3 is 5.97 Å². The van der Waals surface area contributed by atoms with Gasteiger partial charge in [-0.2, -0.15) is 0 Å². The molecule has 1 aromatic heterocycles. The second kappa shape index (κ2) is 5.54. The summed E-state index contributed by atoms with van der Waals surface area (Å²) in [7, 11) is 0. The Kier molecular flexibility index (Phi) is 3.71. The van der Waals surface area contributed by atoms with Gasteiger partial charge in [0.1, 0.15) is 0 Å². The summed E-state index contributed by atoms with van der Waals surface area (Å²) in [6.07, 6.45) is 0. The van der Waals surface area contributed by atoms with E-state index in [9.17, 15) is 9.90 Å². The zero-order valence-corrected chi connectivity index (χ0v) is 13.8. The van der Waals surface area contributed by atoms with Crippen molar-refractivity contribution in [3.63, 3.8) is 0 Å². The van der Waals surface area contributed by atoms with Gasteiger partial charge in [-0.1, -0.05) is 30.3 Å². The molecule has 0 aliphatic rings. The Morgan fingerprint density at radius 3 is 2.45 bits per heavy atom. The van der Waals surface area contributed by atoms with Crippen molar-refractivity contribution >= 4 is 32.8 Å². The highest BCUT2D eigenvalue weighted by Crippen LogP contribution is 2.33. The number of aromatic nitrogens is 1. The molecule has 22 heavy (non-hydrogen) atoms. The van der Waals surface area contributed by atoms with Crippen LogP contribution in [-0.4, -0.2) is 16.1 Å². The van der Waals surface area contributed by atoms with Crippen molar-refractivity contribution in [2.24, 2.45) is 0 Å². The molecule has 1 heterocycles. The number of rotatable bonds is 2. The van der Waals surface area contributed by atoms with Crippen LogP contribution in [0.25, 0.3) is 22.2 Å². The first kappa shape index (κ1) is 14.7. The zero-order valence-electron chi connectivity index (χ0n) is 12.2. The molecule has 0 radical (unpaired) electrons. The summed E-state index contributed by atoms with van der Waals surface area (Å²) in [5.74, 6) is -0.931. The van der Waals surface area contributed by atoms with Crippen LogP contribution >= 0.6 is 15.9 Å². The molecule has 3 aromatic rings. The van der Waals surface area contributed by atoms with Crippen molar-refractivity contribution in [3.05, 3.63) is 63.6 Å². The molecule has 1 N–H and O–H groups in total. The van der Waals surface area contributed by atoms with Gasteiger partial charge in [0.25, 0.3) is 0 Å². The summed E-state index contributed by atoms with van der Waals surface area (Å²) in [6, 6.07) is 13.5. The minimum absolute atomic E-state index is 0.313. The SMILES string of the molecule is Cc1cc(Br)c2nc(-c3ccccc3)c(C)c(C(=O)O)c2c1. The molecule has 110 valence electrons. The molecule has 2 aromatic carbocycles. The third-order valence-corrected chi connectivity index (χ3v) is 4.30. The van der Waals surface area contributed by atoms with Gasteiger partial charge in [0.15, 0.2) is 0 Å². The molecule has 0 saturated carbocycles. The van der Waals surface area contributed by atoms with Crippen molar-refractivity contribution in [1.82, 2.24) is 4.98 Å². The van der Waals surface area contributed by atoms with E-state index in [4.69, 9.17) is 4.98 Å². The Morgan fingerprint density at radius 2 is 1.82 bits per heavy atom. The van der Waals surface area contributed by atoms with Gasteiger partial charge in [-0.15, -0.1) is 0 Å². The van der Waals surface area contributed by atoms with Crippen LogP contribution in [0.3, 0.4) is 0 Å². The number of nitrogens with zero attached hydrogens (tertiary/aromatic N) is 1. The predicted molar refractivity (Wildman–Crippen MR) is 91.3 cm³/mol. The average Bonchev–Trinajstić information content (AvgIpc) is 2.47. The maximum absolute atomic E-state index is 11.8. The van der Waals surface area contributed by atoms with Crippen LogP contribution in [0.1, 0.15) is 21.5 Å². The highest BCUT2D eigenvalue weighted by molar-refractivity contribution is 9.10. The number of pyridine rings is 1. The molecule has 0 amide bonds. The fourth-order valence-electron chi connectivity index (χ4n) is 2.71. The third-order valence-electron chi connectivity index (χ3n) is 3.69. The number of carboxylic acids is 1. The van der Waals surface area contributed by atoms with Crippen molar-refractivity contribution < 1.29 is 9.90 Å². The molecule has 0 aliphatic heterocycles. The van der Waals surface area contributed by atoms with Crippen molar-refractivity contribution in [2.45, 2.75) is 13.8 Å². The van der Waals surface area contributed by atoms with Crippen LogP contribution in [0.15, 0.2) is 46.9 Å². The number of halogens is 1. The normalized spacial score (nSPS) is 10.9. The smallest absolute Gasteiger partial charge is 0.336 e. The van der Waals surface area contributed by atoms with Crippen LogP contribution in [0.5, 0.6) is 0 Å². The summed E-state index contributed by atoms with van der Waals surface area (Å²) in [5, 5.41) is 10.3. The highest BCUT2D eigenvalue weighted by atomic mass is 79.9. The lowest BCUT2D eigenvalue weighted by Gasteiger charge is -2.13. The van der Waals surface area contributed by atoms with Crippen LogP contribution in [-0.2, 0) is 0 Å². The molecular weight excluding hydrogens is 342 g/mol. The molecule has 4 heteroatoms. The van der Waals surface area contributed by atoms with E-state index in [1.807, 2.05) is 56.3 Å². The molecule has 0 saturated heterocycles. The fourth-order valence-corrected chi connectivity index (χ4v) is 3.37. The number of fused-ring (bicyclic) bond motifs is 1. The monoisotopic (exact) mass is 355 g/mol. The number of aromatic carboxylic acids is 1. The largest absolute Gasteiger partial charge is 0.478 e. The standard InChI is InChI=1S/C18H14BrNO2/c1-10-8-13-15(18(21)22)11(2)16(12-6-4-3-5-7-12)20-17(13)14(19)9-10/h3-9H,1-2H3,(H,21,22). The summed E-state index contributed by atoms with van der Waals surface area (Å²) < 4.78 is 0.808. The topological polar surface area (TPSA) is 50.2 Å². The van der Waals surface area contributed by atoms with E-state index in [0.717, 1.165) is 15.6 Å². The third kappa shape index (κ3) is 2.40. The van der Waals surface area contributed by atoms with Crippen LogP contribution in [0.2, 0.25) is 0 Å². The molecule has 0 fully saturated rings. The first-order chi connectivity index (χ1) is 10.5. The Bertz CT molecular complexity index is 889. The zero-order chi connectivity index (χ0) is 15.9. The summed E-state index contributed by atoms with van der Waals surface area (Å²) >= 11 is 3.51. The predicted octanol–water partition coefficient (Wildman–Crippen LogP) is 4.98. The van der Waals surface area contributed by atoms with Crippen LogP contribution < -0.4 is 0 Å². The maximum atomic E-state index is 11.8. The maximum Gasteiger partial charge on any atom is 0.336 e. The Balaban J connectivity index is 2.47. The first-order valence-corrected chi connectivity index (χ1v) is 7.67. The average molecular weight is 356 g/mol. The van der Waals surface area contributed by atoms with Gasteiger partial charge in [-0.25, -0.2) is 9.78 Å². The van der Waals surface area contributed by atoms with E-state index in [0.29, 0.717) is 27.7 Å². The number of hydrogen-bond acceptors (Lipinski definition) is 2. The van der Waals surface area contributed by atoms with E-state index in [2.05, 4.69) is 15.9 Å². The Morgan fingerprint density at radius 1 is 1.14 bits per heavy atom. The minimum atomic E-state index is -0.931. The second-order valence-electron chi connectivity index (χ2n) is 5.27. The molecule has 0 bridgehead atoms. The van der Waals surface area contributed by atoms with Crippen LogP contribution in [0.4, 0.5) is 0 Å². The van der Waals surface area contributed by atoms with Gasteiger partial charge in [-0.05, 0) is 53.0 Å². The Hall–Kier alpha value is -2.20. The molecule has 3 rings (SSSR count). The summed E-state index contributed by atoms with van der Waals surface area (Å²) in [6.45, 7) is 3.75. The first-order valence-electron chi connectivity index (χ1n) is 6.88. The molecule has 0 aliphatic carbocycles. The summed E-state index contributed by atoms with van der Waals surface area (Å²) in [4.78, 5) is 16.5. The lowest BCUT2D eigenvalue weighted by molar-refractivity contribution is 0.0698. The molecule has 0 atom stereocenters. The van der Waals surface area contributed by atoms with E-state index < -0.39 is 5.97 Å². The van der Waals surface area contributed by atoms with Crippen molar-refractivity contribution in [3.8, 4) is 11.3 Å². The molecule has 3 nitrogen and oxygen atoms in total. The number of carboxylic acid groups (broad SMARTS) is 1. The quantitative estimate of drug-likeness (QED) is 0.705. The van der Waals surface area contributed by atoms with Gasteiger partial charge in [0.05, 0.1) is 16.8 Å². The van der Waals surface area contributed by atoms with E-state index >= 15 is 0 Å². The van der Waals surface area contributed by atoms with E-state index in [1.54, 1.807) is 0 Å². The highest BCUT2D eigenvalue weighted by Gasteiger charge is 2.19. The van der Waals surface area contributed by atoms with E-state index in [1.165, 1.54) is 0 Å². The van der Waals surface area contributed by atoms with Crippen LogP contribution in [0, 0.1) is 13.8 Å². The fraction of sp³-hybridized carbons (Fsp3) is 0.111. The molecule has 0 spiro atoms. The van der Waals surface area contributed by atoms with E-state index in [-0.39, 0.29) is 0 Å². The summed E-state index contributed by atoms with van der Waals surface area (Å²) in [5.41, 5.74) is 4.28. The minimum Gasteiger partial charge on any atom is -0.478 e. The molecule has 0 unspecified atom stereocenters. The van der Waals surface area contributed by atoms with Gasteiger partial charge in [0, 0.05) is 15.4 Å². The number of carbonyl (C=O) groups is 1. The lowest BCUT2D eigenvalue weighted by Crippen LogP contribution is -2.05.